The van der Waals surface area contributed by atoms with Gasteiger partial charge >= 0.3 is 5.97 Å². The van der Waals surface area contributed by atoms with Crippen molar-refractivity contribution in [3.05, 3.63) is 12.2 Å². The SMILES string of the molecule is C=S(=O)(O)C1CC(=O)N(OC(=O)CCCN2C(=O)C=CC2=O)C1=O. The van der Waals surface area contributed by atoms with Crippen molar-refractivity contribution in [2.45, 2.75) is 24.5 Å². The number of nitrogens with zero attached hydrogens (tertiary/aromatic N) is 2. The van der Waals surface area contributed by atoms with E-state index in [0.717, 1.165) is 17.1 Å². The number of imide groups is 2. The first kappa shape index (κ1) is 17.8. The van der Waals surface area contributed by atoms with Crippen molar-refractivity contribution in [1.29, 1.82) is 0 Å². The molecule has 24 heavy (non-hydrogen) atoms. The van der Waals surface area contributed by atoms with E-state index in [-0.39, 0.29) is 24.4 Å². The van der Waals surface area contributed by atoms with Crippen LogP contribution in [-0.4, -0.2) is 66.0 Å². The minimum Gasteiger partial charge on any atom is -0.330 e. The van der Waals surface area contributed by atoms with Gasteiger partial charge in [0, 0.05) is 25.1 Å². The van der Waals surface area contributed by atoms with Crippen LogP contribution in [0.2, 0.25) is 0 Å². The minimum absolute atomic E-state index is 0.0202. The lowest BCUT2D eigenvalue weighted by Gasteiger charge is -2.15. The molecule has 0 saturated carbocycles. The Morgan fingerprint density at radius 3 is 2.38 bits per heavy atom. The summed E-state index contributed by atoms with van der Waals surface area (Å²) in [5.41, 5.74) is 0. The van der Waals surface area contributed by atoms with Gasteiger partial charge in [0.05, 0.1) is 16.2 Å². The van der Waals surface area contributed by atoms with Crippen molar-refractivity contribution in [2.24, 2.45) is 0 Å². The number of hydrogen-bond acceptors (Lipinski definition) is 7. The standard InChI is InChI=1S/C13H14N2O8S/c1-24(21,22)8-7-11(18)15(13(8)20)23-12(19)3-2-6-14-9(16)4-5-10(14)17/h4-5,8H,1-3,6-7H2,(H,21,22). The van der Waals surface area contributed by atoms with E-state index in [1.165, 1.54) is 0 Å². The predicted octanol–water partition coefficient (Wildman–Crippen LogP) is -1.53. The lowest BCUT2D eigenvalue weighted by molar-refractivity contribution is -0.197. The molecular formula is C13H14N2O8S. The van der Waals surface area contributed by atoms with E-state index in [2.05, 4.69) is 10.7 Å². The second-order valence-corrected chi connectivity index (χ2v) is 7.09. The molecule has 1 N–H and O–H groups in total. The molecule has 0 aliphatic carbocycles. The van der Waals surface area contributed by atoms with Gasteiger partial charge in [0.25, 0.3) is 23.6 Å². The number of amides is 4. The third-order valence-electron chi connectivity index (χ3n) is 3.36. The van der Waals surface area contributed by atoms with Crippen LogP contribution in [0.1, 0.15) is 19.3 Å². The topological polar surface area (TPSA) is 138 Å². The van der Waals surface area contributed by atoms with Gasteiger partial charge in [-0.25, -0.2) is 9.00 Å². The first-order valence-corrected chi connectivity index (χ1v) is 8.55. The van der Waals surface area contributed by atoms with Crippen LogP contribution in [0.25, 0.3) is 0 Å². The van der Waals surface area contributed by atoms with Crippen LogP contribution in [0, 0.1) is 0 Å². The second-order valence-electron chi connectivity index (χ2n) is 5.14. The molecule has 10 nitrogen and oxygen atoms in total. The molecule has 0 aromatic heterocycles. The molecule has 11 heteroatoms. The molecule has 2 heterocycles. The molecule has 0 spiro atoms. The molecule has 2 atom stereocenters. The second kappa shape index (κ2) is 6.53. The van der Waals surface area contributed by atoms with Crippen LogP contribution in [0.3, 0.4) is 0 Å². The summed E-state index contributed by atoms with van der Waals surface area (Å²) >= 11 is 0. The largest absolute Gasteiger partial charge is 0.333 e. The van der Waals surface area contributed by atoms with Gasteiger partial charge in [-0.15, -0.1) is 5.06 Å². The quantitative estimate of drug-likeness (QED) is 0.445. The predicted molar refractivity (Wildman–Crippen MR) is 79.3 cm³/mol. The van der Waals surface area contributed by atoms with E-state index in [4.69, 9.17) is 0 Å². The Balaban J connectivity index is 1.84. The fourth-order valence-electron chi connectivity index (χ4n) is 2.15. The maximum absolute atomic E-state index is 11.8. The number of hydrogen-bond donors (Lipinski definition) is 1. The minimum atomic E-state index is -3.79. The molecule has 1 saturated heterocycles. The lowest BCUT2D eigenvalue weighted by atomic mass is 10.3. The summed E-state index contributed by atoms with van der Waals surface area (Å²) in [4.78, 5) is 63.2. The normalized spacial score (nSPS) is 23.1. The van der Waals surface area contributed by atoms with E-state index in [9.17, 15) is 32.7 Å². The van der Waals surface area contributed by atoms with E-state index >= 15 is 0 Å². The van der Waals surface area contributed by atoms with Crippen LogP contribution >= 0.6 is 0 Å². The summed E-state index contributed by atoms with van der Waals surface area (Å²) in [7, 11) is -3.79. The number of rotatable bonds is 6. The highest BCUT2D eigenvalue weighted by atomic mass is 32.2. The van der Waals surface area contributed by atoms with Crippen molar-refractivity contribution in [3.8, 4) is 0 Å². The molecule has 4 amide bonds. The maximum Gasteiger partial charge on any atom is 0.333 e. The van der Waals surface area contributed by atoms with Gasteiger partial charge in [0.15, 0.2) is 0 Å². The Bertz CT molecular complexity index is 736. The van der Waals surface area contributed by atoms with Crippen molar-refractivity contribution in [3.63, 3.8) is 0 Å². The van der Waals surface area contributed by atoms with Crippen LogP contribution in [0.4, 0.5) is 0 Å². The van der Waals surface area contributed by atoms with Gasteiger partial charge in [0.1, 0.15) is 5.25 Å². The van der Waals surface area contributed by atoms with E-state index in [1.54, 1.807) is 0 Å². The summed E-state index contributed by atoms with van der Waals surface area (Å²) in [6.07, 6.45) is 1.44. The van der Waals surface area contributed by atoms with Crippen LogP contribution in [0.5, 0.6) is 0 Å². The third-order valence-corrected chi connectivity index (χ3v) is 4.62. The monoisotopic (exact) mass is 358 g/mol. The van der Waals surface area contributed by atoms with Gasteiger partial charge in [-0.05, 0) is 12.3 Å². The third kappa shape index (κ3) is 3.68. The fourth-order valence-corrected chi connectivity index (χ4v) is 2.96. The Labute approximate surface area is 136 Å². The van der Waals surface area contributed by atoms with Crippen molar-refractivity contribution < 1.29 is 37.6 Å². The average Bonchev–Trinajstić information content (AvgIpc) is 2.94. The summed E-state index contributed by atoms with van der Waals surface area (Å²) in [5.74, 6) is -1.03. The molecule has 1 fully saturated rings. The zero-order valence-electron chi connectivity index (χ0n) is 12.4. The van der Waals surface area contributed by atoms with Crippen molar-refractivity contribution >= 4 is 45.3 Å². The smallest absolute Gasteiger partial charge is 0.330 e. The summed E-state index contributed by atoms with van der Waals surface area (Å²) in [6.45, 7) is -0.0202. The Morgan fingerprint density at radius 2 is 1.88 bits per heavy atom. The average molecular weight is 358 g/mol. The summed E-state index contributed by atoms with van der Waals surface area (Å²) in [6, 6.07) is 0. The zero-order chi connectivity index (χ0) is 18.1. The van der Waals surface area contributed by atoms with Crippen LogP contribution < -0.4 is 0 Å². The van der Waals surface area contributed by atoms with Gasteiger partial charge < -0.3 is 9.39 Å². The first-order chi connectivity index (χ1) is 11.1. The molecule has 130 valence electrons. The molecule has 0 aromatic carbocycles. The number of carbonyl (C=O) groups is 5. The fraction of sp³-hybridized carbons (Fsp3) is 0.385. The highest BCUT2D eigenvalue weighted by Crippen LogP contribution is 2.20. The molecule has 0 aromatic rings. The molecule has 2 aliphatic heterocycles. The van der Waals surface area contributed by atoms with Gasteiger partial charge in [0.2, 0.25) is 0 Å². The molecular weight excluding hydrogens is 344 g/mol. The van der Waals surface area contributed by atoms with Gasteiger partial charge in [-0.2, -0.15) is 0 Å². The number of hydroxylamine groups is 2. The molecule has 0 bridgehead atoms. The Hall–Kier alpha value is -2.53. The highest BCUT2D eigenvalue weighted by molar-refractivity contribution is 7.96. The van der Waals surface area contributed by atoms with Gasteiger partial charge in [-0.3, -0.25) is 24.1 Å². The molecule has 0 radical (unpaired) electrons. The molecule has 2 rings (SSSR count). The van der Waals surface area contributed by atoms with E-state index < -0.39 is 51.1 Å². The van der Waals surface area contributed by atoms with E-state index in [1.807, 2.05) is 0 Å². The first-order valence-electron chi connectivity index (χ1n) is 6.81. The van der Waals surface area contributed by atoms with Crippen LogP contribution in [-0.2, 0) is 38.6 Å². The molecule has 2 unspecified atom stereocenters. The molecule has 2 aliphatic rings. The van der Waals surface area contributed by atoms with Crippen molar-refractivity contribution in [1.82, 2.24) is 9.96 Å². The summed E-state index contributed by atoms with van der Waals surface area (Å²) in [5, 5.41) is -1.40. The Kier molecular flexibility index (Phi) is 4.85. The van der Waals surface area contributed by atoms with Crippen LogP contribution in [0.15, 0.2) is 12.2 Å². The van der Waals surface area contributed by atoms with E-state index in [0.29, 0.717) is 0 Å². The van der Waals surface area contributed by atoms with Gasteiger partial charge in [-0.1, -0.05) is 0 Å². The highest BCUT2D eigenvalue weighted by Gasteiger charge is 2.45. The van der Waals surface area contributed by atoms with Crippen molar-refractivity contribution in [2.75, 3.05) is 6.54 Å². The number of carbonyl (C=O) groups excluding carboxylic acids is 5. The summed E-state index contributed by atoms with van der Waals surface area (Å²) < 4.78 is 20.7. The lowest BCUT2D eigenvalue weighted by Crippen LogP contribution is -2.37. The Morgan fingerprint density at radius 1 is 1.29 bits per heavy atom. The zero-order valence-corrected chi connectivity index (χ0v) is 13.2. The maximum atomic E-state index is 11.8.